The van der Waals surface area contributed by atoms with Crippen LogP contribution in [0, 0.1) is 6.92 Å². The van der Waals surface area contributed by atoms with Crippen molar-refractivity contribution in [2.24, 2.45) is 0 Å². The number of urea groups is 1. The summed E-state index contributed by atoms with van der Waals surface area (Å²) in [6, 6.07) is 6.11. The molecule has 1 atom stereocenters. The van der Waals surface area contributed by atoms with Crippen LogP contribution in [0.15, 0.2) is 36.7 Å². The van der Waals surface area contributed by atoms with Crippen molar-refractivity contribution in [3.8, 4) is 17.2 Å². The van der Waals surface area contributed by atoms with Crippen LogP contribution in [-0.4, -0.2) is 30.1 Å². The number of hydrogen-bond donors (Lipinski definition) is 1. The number of methoxy groups -OCH3 is 1. The molecule has 1 N–H and O–H groups in total. The van der Waals surface area contributed by atoms with Crippen LogP contribution in [0.25, 0.3) is 0 Å². The van der Waals surface area contributed by atoms with Crippen molar-refractivity contribution < 1.29 is 19.1 Å². The van der Waals surface area contributed by atoms with Crippen LogP contribution >= 0.6 is 0 Å². The third kappa shape index (κ3) is 3.26. The van der Waals surface area contributed by atoms with Crippen LogP contribution < -0.4 is 19.7 Å². The number of rotatable bonds is 5. The van der Waals surface area contributed by atoms with Gasteiger partial charge in [-0.05, 0) is 25.0 Å². The lowest BCUT2D eigenvalue weighted by atomic mass is 10.2. The van der Waals surface area contributed by atoms with Gasteiger partial charge in [0.15, 0.2) is 0 Å². The zero-order valence-corrected chi connectivity index (χ0v) is 14.3. The molecule has 1 aromatic heterocycles. The molecule has 0 spiro atoms. The highest BCUT2D eigenvalue weighted by atomic mass is 16.5. The Balaban J connectivity index is 1.85. The van der Waals surface area contributed by atoms with Gasteiger partial charge < -0.3 is 14.8 Å². The Morgan fingerprint density at radius 3 is 2.68 bits per heavy atom. The molecule has 1 saturated heterocycles. The zero-order valence-electron chi connectivity index (χ0n) is 14.3. The van der Waals surface area contributed by atoms with E-state index in [0.717, 1.165) is 10.5 Å². The second-order valence-corrected chi connectivity index (χ2v) is 5.70. The summed E-state index contributed by atoms with van der Waals surface area (Å²) in [5, 5.41) is 2.64. The maximum absolute atomic E-state index is 12.3. The second-order valence-electron chi connectivity index (χ2n) is 5.70. The average Bonchev–Trinajstić information content (AvgIpc) is 2.90. The van der Waals surface area contributed by atoms with E-state index in [1.807, 2.05) is 26.0 Å². The van der Waals surface area contributed by atoms with Gasteiger partial charge in [-0.15, -0.1) is 0 Å². The number of nitrogens with zero attached hydrogens (tertiary/aromatic N) is 2. The fraction of sp³-hybridized carbons (Fsp3) is 0.278. The first-order chi connectivity index (χ1) is 12.0. The number of imide groups is 1. The lowest BCUT2D eigenvalue weighted by Crippen LogP contribution is -2.31. The number of carbonyl (C=O) groups is 2. The lowest BCUT2D eigenvalue weighted by Gasteiger charge is -2.14. The van der Waals surface area contributed by atoms with Gasteiger partial charge in [0.2, 0.25) is 0 Å². The highest BCUT2D eigenvalue weighted by Gasteiger charge is 2.38. The minimum Gasteiger partial charge on any atom is -0.496 e. The Labute approximate surface area is 145 Å². The maximum atomic E-state index is 12.3. The number of aryl methyl sites for hydroxylation is 1. The molecule has 7 heteroatoms. The van der Waals surface area contributed by atoms with Crippen LogP contribution in [0.5, 0.6) is 17.2 Å². The van der Waals surface area contributed by atoms with Crippen LogP contribution in [0.3, 0.4) is 0 Å². The topological polar surface area (TPSA) is 80.8 Å². The van der Waals surface area contributed by atoms with Gasteiger partial charge in [0.25, 0.3) is 5.91 Å². The summed E-state index contributed by atoms with van der Waals surface area (Å²) < 4.78 is 11.1. The summed E-state index contributed by atoms with van der Waals surface area (Å²) in [5.41, 5.74) is 1.36. The molecule has 1 aliphatic rings. The molecule has 2 aromatic rings. The molecule has 25 heavy (non-hydrogen) atoms. The quantitative estimate of drug-likeness (QED) is 0.846. The summed E-state index contributed by atoms with van der Waals surface area (Å²) in [6.07, 6.45) is 3.51. The first kappa shape index (κ1) is 16.8. The molecule has 0 saturated carbocycles. The van der Waals surface area contributed by atoms with Crippen molar-refractivity contribution in [1.82, 2.24) is 10.3 Å². The van der Waals surface area contributed by atoms with Crippen molar-refractivity contribution >= 4 is 17.6 Å². The highest BCUT2D eigenvalue weighted by Crippen LogP contribution is 2.30. The van der Waals surface area contributed by atoms with Crippen LogP contribution in [0.2, 0.25) is 0 Å². The Morgan fingerprint density at radius 1 is 1.20 bits per heavy atom. The number of carbonyl (C=O) groups excluding carboxylic acids is 2. The molecule has 3 rings (SSSR count). The van der Waals surface area contributed by atoms with Crippen molar-refractivity contribution in [2.75, 3.05) is 12.0 Å². The van der Waals surface area contributed by atoms with Crippen molar-refractivity contribution in [2.45, 2.75) is 26.3 Å². The molecule has 1 fully saturated rings. The van der Waals surface area contributed by atoms with E-state index in [0.29, 0.717) is 29.4 Å². The number of anilines is 1. The molecule has 3 amide bonds. The van der Waals surface area contributed by atoms with E-state index in [-0.39, 0.29) is 5.91 Å². The van der Waals surface area contributed by atoms with Gasteiger partial charge in [0, 0.05) is 12.1 Å². The molecule has 2 heterocycles. The molecule has 1 aromatic carbocycles. The molecular formula is C18H19N3O4. The lowest BCUT2D eigenvalue weighted by molar-refractivity contribution is -0.118. The minimum atomic E-state index is -0.501. The van der Waals surface area contributed by atoms with Crippen molar-refractivity contribution in [1.29, 1.82) is 0 Å². The zero-order chi connectivity index (χ0) is 18.0. The van der Waals surface area contributed by atoms with Crippen molar-refractivity contribution in [3.05, 3.63) is 42.2 Å². The molecular weight excluding hydrogens is 322 g/mol. The number of ether oxygens (including phenoxy) is 2. The van der Waals surface area contributed by atoms with E-state index in [2.05, 4.69) is 10.3 Å². The highest BCUT2D eigenvalue weighted by molar-refractivity contribution is 6.21. The number of aromatic nitrogens is 1. The van der Waals surface area contributed by atoms with E-state index in [1.165, 1.54) is 12.4 Å². The molecule has 0 radical (unpaired) electrons. The Hall–Kier alpha value is -3.09. The molecule has 0 bridgehead atoms. The van der Waals surface area contributed by atoms with Gasteiger partial charge in [0.1, 0.15) is 23.3 Å². The van der Waals surface area contributed by atoms with Gasteiger partial charge in [-0.1, -0.05) is 13.0 Å². The van der Waals surface area contributed by atoms with E-state index >= 15 is 0 Å². The smallest absolute Gasteiger partial charge is 0.329 e. The van der Waals surface area contributed by atoms with Crippen LogP contribution in [0.4, 0.5) is 10.5 Å². The fourth-order valence-corrected chi connectivity index (χ4v) is 2.64. The maximum Gasteiger partial charge on any atom is 0.329 e. The third-order valence-electron chi connectivity index (χ3n) is 4.00. The third-order valence-corrected chi connectivity index (χ3v) is 4.00. The number of benzene rings is 1. The van der Waals surface area contributed by atoms with E-state index in [9.17, 15) is 9.59 Å². The van der Waals surface area contributed by atoms with Gasteiger partial charge in [-0.2, -0.15) is 0 Å². The van der Waals surface area contributed by atoms with Gasteiger partial charge >= 0.3 is 6.03 Å². The molecule has 1 aliphatic heterocycles. The van der Waals surface area contributed by atoms with E-state index in [1.54, 1.807) is 19.2 Å². The normalized spacial score (nSPS) is 16.8. The van der Waals surface area contributed by atoms with Gasteiger partial charge in [0.05, 0.1) is 25.2 Å². The summed E-state index contributed by atoms with van der Waals surface area (Å²) in [7, 11) is 1.59. The Morgan fingerprint density at radius 2 is 2.00 bits per heavy atom. The summed E-state index contributed by atoms with van der Waals surface area (Å²) in [6.45, 7) is 3.78. The first-order valence-electron chi connectivity index (χ1n) is 7.95. The van der Waals surface area contributed by atoms with Gasteiger partial charge in [-0.3, -0.25) is 9.78 Å². The average molecular weight is 341 g/mol. The summed E-state index contributed by atoms with van der Waals surface area (Å²) in [5.74, 6) is 1.42. The number of hydrogen-bond acceptors (Lipinski definition) is 5. The number of pyridine rings is 1. The van der Waals surface area contributed by atoms with Crippen LogP contribution in [-0.2, 0) is 4.79 Å². The predicted octanol–water partition coefficient (Wildman–Crippen LogP) is 3.03. The largest absolute Gasteiger partial charge is 0.496 e. The van der Waals surface area contributed by atoms with Crippen molar-refractivity contribution in [3.63, 3.8) is 0 Å². The SMILES string of the molecule is CC[C@H]1NC(=O)N(c2cncc(Oc3ccc(C)c(OC)c3)c2)C1=O. The molecule has 0 aliphatic carbocycles. The summed E-state index contributed by atoms with van der Waals surface area (Å²) in [4.78, 5) is 29.5. The Kier molecular flexibility index (Phi) is 4.56. The molecule has 0 unspecified atom stereocenters. The predicted molar refractivity (Wildman–Crippen MR) is 92.1 cm³/mol. The number of amides is 3. The summed E-state index contributed by atoms with van der Waals surface area (Å²) >= 11 is 0. The molecule has 130 valence electrons. The standard InChI is InChI=1S/C18H19N3O4/c1-4-15-17(22)21(18(23)20-15)12-7-14(10-19-9-12)25-13-6-5-11(2)16(8-13)24-3/h5-10,15H,4H2,1-3H3,(H,20,23)/t15-/m1/s1. The molecule has 7 nitrogen and oxygen atoms in total. The monoisotopic (exact) mass is 341 g/mol. The second kappa shape index (κ2) is 6.80. The fourth-order valence-electron chi connectivity index (χ4n) is 2.64. The van der Waals surface area contributed by atoms with E-state index < -0.39 is 12.1 Å². The van der Waals surface area contributed by atoms with Crippen LogP contribution in [0.1, 0.15) is 18.9 Å². The van der Waals surface area contributed by atoms with Gasteiger partial charge in [-0.25, -0.2) is 9.69 Å². The first-order valence-corrected chi connectivity index (χ1v) is 7.95. The minimum absolute atomic E-state index is 0.288. The van der Waals surface area contributed by atoms with E-state index in [4.69, 9.17) is 9.47 Å². The Bertz CT molecular complexity index is 822. The number of nitrogens with one attached hydrogen (secondary N) is 1.